The van der Waals surface area contributed by atoms with Crippen LogP contribution in [0.1, 0.15) is 22.8 Å². The van der Waals surface area contributed by atoms with Gasteiger partial charge in [-0.1, -0.05) is 23.7 Å². The number of hydrogen-bond acceptors (Lipinski definition) is 4. The molecule has 1 heterocycles. The predicted octanol–water partition coefficient (Wildman–Crippen LogP) is 3.52. The molecule has 104 valence electrons. The maximum Gasteiger partial charge on any atom is 0.339 e. The molecule has 1 aromatic carbocycles. The number of hydrogen-bond donors (Lipinski definition) is 1. The van der Waals surface area contributed by atoms with Crippen molar-refractivity contribution in [2.24, 2.45) is 0 Å². The number of esters is 1. The summed E-state index contributed by atoms with van der Waals surface area (Å²) in [5.74, 6) is -0.366. The van der Waals surface area contributed by atoms with Crippen molar-refractivity contribution >= 4 is 23.3 Å². The molecule has 0 unspecified atom stereocenters. The van der Waals surface area contributed by atoms with E-state index in [0.717, 1.165) is 11.3 Å². The molecular weight excluding hydrogens is 276 g/mol. The monoisotopic (exact) mass is 290 g/mol. The van der Waals surface area contributed by atoms with Crippen molar-refractivity contribution in [3.05, 3.63) is 58.9 Å². The minimum atomic E-state index is -0.366. The van der Waals surface area contributed by atoms with Crippen molar-refractivity contribution in [2.75, 3.05) is 11.9 Å². The Balaban J connectivity index is 2.01. The molecule has 0 atom stereocenters. The third-order valence-electron chi connectivity index (χ3n) is 2.66. The molecule has 1 N–H and O–H groups in total. The third-order valence-corrected chi connectivity index (χ3v) is 2.91. The zero-order valence-corrected chi connectivity index (χ0v) is 11.9. The first-order valence-electron chi connectivity index (χ1n) is 6.29. The molecule has 0 radical (unpaired) electrons. The summed E-state index contributed by atoms with van der Waals surface area (Å²) in [6.45, 7) is 2.75. The molecular formula is C15H15ClN2O2. The van der Waals surface area contributed by atoms with Crippen LogP contribution in [0.2, 0.25) is 5.02 Å². The summed E-state index contributed by atoms with van der Waals surface area (Å²) in [6, 6.07) is 9.29. The number of ether oxygens (including phenoxy) is 1. The molecule has 0 amide bonds. The van der Waals surface area contributed by atoms with Crippen LogP contribution < -0.4 is 5.32 Å². The van der Waals surface area contributed by atoms with Crippen LogP contribution in [-0.2, 0) is 11.3 Å². The minimum Gasteiger partial charge on any atom is -0.462 e. The number of carbonyl (C=O) groups is 1. The van der Waals surface area contributed by atoms with Gasteiger partial charge in [-0.05, 0) is 30.7 Å². The van der Waals surface area contributed by atoms with Crippen LogP contribution in [0.25, 0.3) is 0 Å². The average molecular weight is 291 g/mol. The Morgan fingerprint density at radius 2 is 2.05 bits per heavy atom. The highest BCUT2D eigenvalue weighted by molar-refractivity contribution is 6.30. The first kappa shape index (κ1) is 14.3. The highest BCUT2D eigenvalue weighted by atomic mass is 35.5. The fourth-order valence-corrected chi connectivity index (χ4v) is 1.80. The molecule has 0 aliphatic carbocycles. The molecule has 2 rings (SSSR count). The second-order valence-electron chi connectivity index (χ2n) is 4.16. The summed E-state index contributed by atoms with van der Waals surface area (Å²) < 4.78 is 4.94. The summed E-state index contributed by atoms with van der Waals surface area (Å²) >= 11 is 5.83. The van der Waals surface area contributed by atoms with Gasteiger partial charge in [-0.3, -0.25) is 4.98 Å². The molecule has 20 heavy (non-hydrogen) atoms. The first-order valence-corrected chi connectivity index (χ1v) is 6.67. The lowest BCUT2D eigenvalue weighted by atomic mass is 10.2. The van der Waals surface area contributed by atoms with Gasteiger partial charge in [-0.2, -0.15) is 0 Å². The van der Waals surface area contributed by atoms with E-state index < -0.39 is 0 Å². The van der Waals surface area contributed by atoms with Crippen LogP contribution in [0.15, 0.2) is 42.7 Å². The number of anilines is 1. The van der Waals surface area contributed by atoms with Gasteiger partial charge in [-0.25, -0.2) is 4.79 Å². The maximum absolute atomic E-state index is 11.6. The second-order valence-corrected chi connectivity index (χ2v) is 4.60. The van der Waals surface area contributed by atoms with Crippen molar-refractivity contribution in [1.29, 1.82) is 0 Å². The standard InChI is InChI=1S/C15H15ClN2O2/c1-2-20-15(19)12-7-14(10-17-9-12)18-8-11-3-5-13(16)6-4-11/h3-7,9-10,18H,2,8H2,1H3. The topological polar surface area (TPSA) is 51.2 Å². The molecule has 0 aliphatic rings. The van der Waals surface area contributed by atoms with Gasteiger partial charge < -0.3 is 10.1 Å². The van der Waals surface area contributed by atoms with Crippen LogP contribution in [0, 0.1) is 0 Å². The Morgan fingerprint density at radius 1 is 1.30 bits per heavy atom. The van der Waals surface area contributed by atoms with Crippen LogP contribution >= 0.6 is 11.6 Å². The molecule has 0 bridgehead atoms. The van der Waals surface area contributed by atoms with E-state index in [1.807, 2.05) is 24.3 Å². The number of halogens is 1. The molecule has 4 nitrogen and oxygen atoms in total. The normalized spacial score (nSPS) is 10.1. The van der Waals surface area contributed by atoms with Crippen LogP contribution in [0.4, 0.5) is 5.69 Å². The van der Waals surface area contributed by atoms with E-state index in [0.29, 0.717) is 23.7 Å². The molecule has 1 aromatic heterocycles. The summed E-state index contributed by atoms with van der Waals surface area (Å²) in [7, 11) is 0. The van der Waals surface area contributed by atoms with Gasteiger partial charge in [0.05, 0.1) is 17.9 Å². The van der Waals surface area contributed by atoms with Crippen molar-refractivity contribution < 1.29 is 9.53 Å². The Labute approximate surface area is 122 Å². The van der Waals surface area contributed by atoms with E-state index in [9.17, 15) is 4.79 Å². The van der Waals surface area contributed by atoms with Gasteiger partial charge in [-0.15, -0.1) is 0 Å². The summed E-state index contributed by atoms with van der Waals surface area (Å²) in [5, 5.41) is 3.91. The summed E-state index contributed by atoms with van der Waals surface area (Å²) in [6.07, 6.45) is 3.16. The van der Waals surface area contributed by atoms with Crippen molar-refractivity contribution in [3.63, 3.8) is 0 Å². The van der Waals surface area contributed by atoms with Gasteiger partial charge >= 0.3 is 5.97 Å². The van der Waals surface area contributed by atoms with Crippen LogP contribution in [-0.4, -0.2) is 17.6 Å². The van der Waals surface area contributed by atoms with E-state index in [4.69, 9.17) is 16.3 Å². The van der Waals surface area contributed by atoms with Crippen LogP contribution in [0.5, 0.6) is 0 Å². The Hall–Kier alpha value is -2.07. The van der Waals surface area contributed by atoms with E-state index >= 15 is 0 Å². The van der Waals surface area contributed by atoms with Crippen molar-refractivity contribution in [3.8, 4) is 0 Å². The average Bonchev–Trinajstić information content (AvgIpc) is 2.47. The number of aromatic nitrogens is 1. The summed E-state index contributed by atoms with van der Waals surface area (Å²) in [4.78, 5) is 15.6. The first-order chi connectivity index (χ1) is 9.69. The number of rotatable bonds is 5. The predicted molar refractivity (Wildman–Crippen MR) is 79.0 cm³/mol. The van der Waals surface area contributed by atoms with E-state index in [-0.39, 0.29) is 5.97 Å². The largest absolute Gasteiger partial charge is 0.462 e. The van der Waals surface area contributed by atoms with Gasteiger partial charge in [0.25, 0.3) is 0 Å². The smallest absolute Gasteiger partial charge is 0.339 e. The van der Waals surface area contributed by atoms with Gasteiger partial charge in [0, 0.05) is 24.0 Å². The molecule has 0 aliphatic heterocycles. The lowest BCUT2D eigenvalue weighted by Gasteiger charge is -2.08. The van der Waals surface area contributed by atoms with Gasteiger partial charge in [0.1, 0.15) is 0 Å². The SMILES string of the molecule is CCOC(=O)c1cncc(NCc2ccc(Cl)cc2)c1. The number of pyridine rings is 1. The third kappa shape index (κ3) is 3.96. The molecule has 0 saturated carbocycles. The lowest BCUT2D eigenvalue weighted by Crippen LogP contribution is -2.06. The maximum atomic E-state index is 11.6. The highest BCUT2D eigenvalue weighted by Gasteiger charge is 2.07. The summed E-state index contributed by atoms with van der Waals surface area (Å²) in [5.41, 5.74) is 2.30. The minimum absolute atomic E-state index is 0.348. The molecule has 2 aromatic rings. The fraction of sp³-hybridized carbons (Fsp3) is 0.200. The quantitative estimate of drug-likeness (QED) is 0.856. The van der Waals surface area contributed by atoms with Crippen molar-refractivity contribution in [1.82, 2.24) is 4.98 Å². The second kappa shape index (κ2) is 6.91. The number of nitrogens with one attached hydrogen (secondary N) is 1. The van der Waals surface area contributed by atoms with Gasteiger partial charge in [0.2, 0.25) is 0 Å². The van der Waals surface area contributed by atoms with E-state index in [2.05, 4.69) is 10.3 Å². The Kier molecular flexibility index (Phi) is 4.96. The number of nitrogens with zero attached hydrogens (tertiary/aromatic N) is 1. The number of carbonyl (C=O) groups excluding carboxylic acids is 1. The Bertz CT molecular complexity index is 585. The zero-order chi connectivity index (χ0) is 14.4. The van der Waals surface area contributed by atoms with E-state index in [1.54, 1.807) is 19.2 Å². The zero-order valence-electron chi connectivity index (χ0n) is 11.1. The molecule has 5 heteroatoms. The highest BCUT2D eigenvalue weighted by Crippen LogP contribution is 2.13. The van der Waals surface area contributed by atoms with Gasteiger partial charge in [0.15, 0.2) is 0 Å². The van der Waals surface area contributed by atoms with Crippen molar-refractivity contribution in [2.45, 2.75) is 13.5 Å². The Morgan fingerprint density at radius 3 is 2.75 bits per heavy atom. The lowest BCUT2D eigenvalue weighted by molar-refractivity contribution is 0.0526. The molecule has 0 fully saturated rings. The fourth-order valence-electron chi connectivity index (χ4n) is 1.67. The number of benzene rings is 1. The molecule has 0 saturated heterocycles. The van der Waals surface area contributed by atoms with E-state index in [1.165, 1.54) is 6.20 Å². The van der Waals surface area contributed by atoms with Crippen LogP contribution in [0.3, 0.4) is 0 Å². The molecule has 0 spiro atoms.